The van der Waals surface area contributed by atoms with E-state index in [2.05, 4.69) is 58.4 Å². The number of anilines is 2. The first-order chi connectivity index (χ1) is 20.1. The van der Waals surface area contributed by atoms with Crippen LogP contribution in [-0.4, -0.2) is 33.5 Å². The first kappa shape index (κ1) is 27.9. The highest BCUT2D eigenvalue weighted by Crippen LogP contribution is 2.47. The maximum absolute atomic E-state index is 14.0. The predicted octanol–water partition coefficient (Wildman–Crippen LogP) is 6.88. The van der Waals surface area contributed by atoms with Crippen LogP contribution in [-0.2, 0) is 0 Å². The molecule has 6 rings (SSSR count). The topological polar surface area (TPSA) is 101 Å². The molecule has 0 spiro atoms. The average molecular weight is 589 g/mol. The summed E-state index contributed by atoms with van der Waals surface area (Å²) in [5.41, 5.74) is 8.69. The lowest BCUT2D eigenvalue weighted by atomic mass is 9.96. The van der Waals surface area contributed by atoms with Crippen LogP contribution in [0.2, 0.25) is 5.02 Å². The van der Waals surface area contributed by atoms with E-state index in [1.165, 1.54) is 11.2 Å². The Morgan fingerprint density at radius 3 is 2.69 bits per heavy atom. The lowest BCUT2D eigenvalue weighted by Gasteiger charge is -2.25. The first-order valence-corrected chi connectivity index (χ1v) is 14.1. The Kier molecular flexibility index (Phi) is 7.03. The monoisotopic (exact) mass is 588 g/mol. The summed E-state index contributed by atoms with van der Waals surface area (Å²) in [5, 5.41) is 21.4. The van der Waals surface area contributed by atoms with Gasteiger partial charge in [-0.3, -0.25) is 15.0 Å². The molecule has 4 N–H and O–H groups in total. The van der Waals surface area contributed by atoms with Gasteiger partial charge < -0.3 is 16.1 Å². The van der Waals surface area contributed by atoms with Crippen LogP contribution in [0, 0.1) is 16.7 Å². The van der Waals surface area contributed by atoms with Gasteiger partial charge in [-0.05, 0) is 47.4 Å². The predicted molar refractivity (Wildman–Crippen MR) is 162 cm³/mol. The Bertz CT molecular complexity index is 1730. The average Bonchev–Trinajstić information content (AvgIpc) is 3.64. The second-order valence-corrected chi connectivity index (χ2v) is 12.5. The van der Waals surface area contributed by atoms with E-state index in [4.69, 9.17) is 11.6 Å². The normalized spacial score (nSPS) is 16.7. The van der Waals surface area contributed by atoms with Gasteiger partial charge in [-0.25, -0.2) is 8.78 Å². The Balaban J connectivity index is 1.46. The molecular weight excluding hydrogens is 558 g/mol. The van der Waals surface area contributed by atoms with Gasteiger partial charge in [0, 0.05) is 47.8 Å². The fourth-order valence-corrected chi connectivity index (χ4v) is 5.53. The van der Waals surface area contributed by atoms with Crippen LogP contribution in [0.1, 0.15) is 50.8 Å². The summed E-state index contributed by atoms with van der Waals surface area (Å²) in [6.07, 6.45) is 5.08. The van der Waals surface area contributed by atoms with Crippen molar-refractivity contribution in [3.05, 3.63) is 83.0 Å². The number of nitrogens with one attached hydrogen (secondary N) is 4. The maximum atomic E-state index is 14.0. The molecule has 1 aliphatic carbocycles. The second kappa shape index (κ2) is 10.6. The number of fused-ring (bicyclic) bond motifs is 2. The molecule has 0 amide bonds. The molecule has 2 aromatic heterocycles. The van der Waals surface area contributed by atoms with Gasteiger partial charge in [0.2, 0.25) is 0 Å². The van der Waals surface area contributed by atoms with E-state index in [1.807, 2.05) is 30.3 Å². The number of benzene rings is 2. The van der Waals surface area contributed by atoms with Gasteiger partial charge in [-0.15, -0.1) is 5.53 Å². The van der Waals surface area contributed by atoms with Crippen molar-refractivity contribution in [2.24, 2.45) is 5.41 Å². The van der Waals surface area contributed by atoms with E-state index >= 15 is 0 Å². The number of aromatic nitrogens is 2. The Hall–Kier alpha value is -4.20. The highest BCUT2D eigenvalue weighted by molar-refractivity contribution is 6.35. The van der Waals surface area contributed by atoms with Crippen molar-refractivity contribution in [1.82, 2.24) is 25.9 Å². The standard InChI is InChI=1S/C31H31ClF2N8/c1-30(2,3)17-38-26-19(13-35)14-37-27-22(26)11-20(12-24(27)32)39-28(21-6-4-5-18-7-10-36-15-23(18)21)25-16-42(41-40-25)31(8-9-31)29(33)34/h4-7,10-12,14-16,28-29,39-41H,8-9,17H2,1-3H3,(H,37,38)/t28-/m0/s1. The third-order valence-electron chi connectivity index (χ3n) is 7.73. The molecule has 42 heavy (non-hydrogen) atoms. The Morgan fingerprint density at radius 1 is 1.17 bits per heavy atom. The van der Waals surface area contributed by atoms with Crippen LogP contribution in [0.4, 0.5) is 20.2 Å². The van der Waals surface area contributed by atoms with Gasteiger partial charge in [-0.1, -0.05) is 50.6 Å². The molecule has 2 aliphatic rings. The van der Waals surface area contributed by atoms with Crippen LogP contribution < -0.4 is 21.6 Å². The smallest absolute Gasteiger partial charge is 0.262 e. The molecule has 1 fully saturated rings. The minimum Gasteiger partial charge on any atom is -0.383 e. The van der Waals surface area contributed by atoms with Crippen molar-refractivity contribution in [2.75, 3.05) is 17.2 Å². The molecule has 3 heterocycles. The Labute approximate surface area is 247 Å². The zero-order valence-corrected chi connectivity index (χ0v) is 24.2. The van der Waals surface area contributed by atoms with E-state index in [1.54, 1.807) is 24.7 Å². The minimum absolute atomic E-state index is 0.0356. The fourth-order valence-electron chi connectivity index (χ4n) is 5.26. The van der Waals surface area contributed by atoms with E-state index in [9.17, 15) is 14.0 Å². The third kappa shape index (κ3) is 5.14. The lowest BCUT2D eigenvalue weighted by molar-refractivity contribution is 0.00911. The summed E-state index contributed by atoms with van der Waals surface area (Å²) in [5.74, 6) is 0. The van der Waals surface area contributed by atoms with Crippen LogP contribution >= 0.6 is 11.6 Å². The molecule has 4 aromatic rings. The molecule has 0 bridgehead atoms. The molecule has 0 radical (unpaired) electrons. The van der Waals surface area contributed by atoms with Crippen LogP contribution in [0.3, 0.4) is 0 Å². The number of hydrogen-bond acceptors (Lipinski definition) is 8. The second-order valence-electron chi connectivity index (χ2n) is 12.0. The van der Waals surface area contributed by atoms with Gasteiger partial charge in [0.05, 0.1) is 33.5 Å². The molecule has 1 atom stereocenters. The van der Waals surface area contributed by atoms with E-state index in [0.29, 0.717) is 57.9 Å². The van der Waals surface area contributed by atoms with Gasteiger partial charge in [0.15, 0.2) is 0 Å². The van der Waals surface area contributed by atoms with Crippen molar-refractivity contribution in [3.8, 4) is 6.07 Å². The lowest BCUT2D eigenvalue weighted by Crippen LogP contribution is -2.48. The summed E-state index contributed by atoms with van der Waals surface area (Å²) >= 11 is 6.77. The van der Waals surface area contributed by atoms with Gasteiger partial charge in [-0.2, -0.15) is 5.26 Å². The largest absolute Gasteiger partial charge is 0.383 e. The number of rotatable bonds is 8. The molecular formula is C31H31ClF2N8. The number of alkyl halides is 2. The highest BCUT2D eigenvalue weighted by Gasteiger charge is 2.56. The molecule has 11 heteroatoms. The zero-order valence-electron chi connectivity index (χ0n) is 23.5. The molecule has 216 valence electrons. The minimum atomic E-state index is -2.49. The molecule has 2 aromatic carbocycles. The highest BCUT2D eigenvalue weighted by atomic mass is 35.5. The quantitative estimate of drug-likeness (QED) is 0.177. The van der Waals surface area contributed by atoms with Crippen LogP contribution in [0.25, 0.3) is 21.7 Å². The first-order valence-electron chi connectivity index (χ1n) is 13.8. The van der Waals surface area contributed by atoms with Crippen molar-refractivity contribution >= 4 is 44.7 Å². The van der Waals surface area contributed by atoms with Gasteiger partial charge in [0.25, 0.3) is 6.43 Å². The van der Waals surface area contributed by atoms with Crippen LogP contribution in [0.5, 0.6) is 0 Å². The molecule has 1 saturated carbocycles. The summed E-state index contributed by atoms with van der Waals surface area (Å²) in [4.78, 5) is 8.81. The van der Waals surface area contributed by atoms with Crippen LogP contribution in [0.15, 0.2) is 66.9 Å². The SMILES string of the molecule is CC(C)(C)CNc1c(C#N)cnc2c(Cl)cc(N[C@H](C3=CN(C4(C(F)F)CC4)NN3)c3cccc4ccncc34)cc12. The van der Waals surface area contributed by atoms with Gasteiger partial charge in [0.1, 0.15) is 11.6 Å². The summed E-state index contributed by atoms with van der Waals surface area (Å²) in [6, 6.07) is 13.3. The third-order valence-corrected chi connectivity index (χ3v) is 8.02. The molecule has 1 aliphatic heterocycles. The number of nitrogens with zero attached hydrogens (tertiary/aromatic N) is 4. The molecule has 0 unspecified atom stereocenters. The van der Waals surface area contributed by atoms with Crippen molar-refractivity contribution in [1.29, 1.82) is 5.26 Å². The molecule has 0 saturated heterocycles. The fraction of sp³-hybridized carbons (Fsp3) is 0.323. The number of halogens is 3. The summed E-state index contributed by atoms with van der Waals surface area (Å²) < 4.78 is 27.9. The van der Waals surface area contributed by atoms with Crippen molar-refractivity contribution in [3.63, 3.8) is 0 Å². The Morgan fingerprint density at radius 2 is 1.98 bits per heavy atom. The summed E-state index contributed by atoms with van der Waals surface area (Å²) in [6.45, 7) is 6.96. The maximum Gasteiger partial charge on any atom is 0.262 e. The van der Waals surface area contributed by atoms with Crippen molar-refractivity contribution in [2.45, 2.75) is 51.6 Å². The van der Waals surface area contributed by atoms with Gasteiger partial charge >= 0.3 is 0 Å². The zero-order chi connectivity index (χ0) is 29.6. The number of nitriles is 1. The summed E-state index contributed by atoms with van der Waals surface area (Å²) in [7, 11) is 0. The number of pyridine rings is 2. The van der Waals surface area contributed by atoms with Crippen molar-refractivity contribution < 1.29 is 8.78 Å². The van der Waals surface area contributed by atoms with E-state index < -0.39 is 18.0 Å². The number of hydrazine groups is 2. The van der Waals surface area contributed by atoms with E-state index in [-0.39, 0.29) is 5.41 Å². The number of hydrogen-bond donors (Lipinski definition) is 4. The molecule has 8 nitrogen and oxygen atoms in total. The van der Waals surface area contributed by atoms with E-state index in [0.717, 1.165) is 16.3 Å².